The Morgan fingerprint density at radius 2 is 2.05 bits per heavy atom. The first-order valence-electron chi connectivity index (χ1n) is 7.87. The van der Waals surface area contributed by atoms with Gasteiger partial charge in [-0.3, -0.25) is 10.1 Å². The molecule has 0 aromatic heterocycles. The van der Waals surface area contributed by atoms with Crippen molar-refractivity contribution < 1.29 is 9.53 Å². The molecular formula is C16H32N2O2. The molecule has 1 fully saturated rings. The summed E-state index contributed by atoms with van der Waals surface area (Å²) < 4.78 is 4.97. The Labute approximate surface area is 124 Å². The first-order valence-corrected chi connectivity index (χ1v) is 7.87. The van der Waals surface area contributed by atoms with Gasteiger partial charge >= 0.3 is 5.97 Å². The maximum absolute atomic E-state index is 12.0. The Kier molecular flexibility index (Phi) is 6.46. The molecule has 1 heterocycles. The van der Waals surface area contributed by atoms with Crippen molar-refractivity contribution in [2.24, 2.45) is 11.8 Å². The van der Waals surface area contributed by atoms with Crippen LogP contribution in [0.15, 0.2) is 0 Å². The average Bonchev–Trinajstić information content (AvgIpc) is 2.83. The quantitative estimate of drug-likeness (QED) is 0.728. The standard InChI is InChI=1S/C16H32N2O2/c1-12(2)14-7-9-18(11-14)10-8-16(5,15(19)20-6)17-13(3)4/h12-14,17H,7-11H2,1-6H3. The van der Waals surface area contributed by atoms with E-state index in [1.54, 1.807) is 0 Å². The molecular weight excluding hydrogens is 252 g/mol. The lowest BCUT2D eigenvalue weighted by Gasteiger charge is -2.32. The molecule has 0 aromatic carbocycles. The van der Waals surface area contributed by atoms with E-state index in [1.165, 1.54) is 13.5 Å². The molecule has 0 amide bonds. The van der Waals surface area contributed by atoms with E-state index >= 15 is 0 Å². The summed E-state index contributed by atoms with van der Waals surface area (Å²) in [6.45, 7) is 13.9. The molecule has 1 N–H and O–H groups in total. The fourth-order valence-electron chi connectivity index (χ4n) is 3.09. The topological polar surface area (TPSA) is 41.6 Å². The van der Waals surface area contributed by atoms with Gasteiger partial charge in [-0.05, 0) is 52.0 Å². The molecule has 0 radical (unpaired) electrons. The van der Waals surface area contributed by atoms with Gasteiger partial charge in [-0.15, -0.1) is 0 Å². The predicted octanol–water partition coefficient (Wildman–Crippen LogP) is 2.28. The number of carbonyl (C=O) groups is 1. The number of hydrogen-bond acceptors (Lipinski definition) is 4. The molecule has 2 atom stereocenters. The molecule has 118 valence electrons. The largest absolute Gasteiger partial charge is 0.468 e. The lowest BCUT2D eigenvalue weighted by Crippen LogP contribution is -2.54. The van der Waals surface area contributed by atoms with Crippen LogP contribution in [-0.2, 0) is 9.53 Å². The Bertz CT molecular complexity index is 318. The number of methoxy groups -OCH3 is 1. The van der Waals surface area contributed by atoms with E-state index in [0.29, 0.717) is 0 Å². The Hall–Kier alpha value is -0.610. The molecule has 20 heavy (non-hydrogen) atoms. The van der Waals surface area contributed by atoms with Crippen LogP contribution in [0.3, 0.4) is 0 Å². The summed E-state index contributed by atoms with van der Waals surface area (Å²) in [6.07, 6.45) is 2.08. The highest BCUT2D eigenvalue weighted by Crippen LogP contribution is 2.24. The minimum Gasteiger partial charge on any atom is -0.468 e. The van der Waals surface area contributed by atoms with Gasteiger partial charge in [-0.1, -0.05) is 13.8 Å². The summed E-state index contributed by atoms with van der Waals surface area (Å²) in [5.41, 5.74) is -0.584. The van der Waals surface area contributed by atoms with Crippen LogP contribution in [0.5, 0.6) is 0 Å². The van der Waals surface area contributed by atoms with E-state index in [0.717, 1.165) is 37.9 Å². The van der Waals surface area contributed by atoms with Crippen LogP contribution >= 0.6 is 0 Å². The third kappa shape index (κ3) is 4.74. The molecule has 4 nitrogen and oxygen atoms in total. The van der Waals surface area contributed by atoms with Gasteiger partial charge in [-0.2, -0.15) is 0 Å². The number of carbonyl (C=O) groups excluding carboxylic acids is 1. The molecule has 2 unspecified atom stereocenters. The number of nitrogens with one attached hydrogen (secondary N) is 1. The minimum absolute atomic E-state index is 0.161. The van der Waals surface area contributed by atoms with Crippen LogP contribution in [0.4, 0.5) is 0 Å². The third-order valence-electron chi connectivity index (χ3n) is 4.42. The molecule has 1 aliphatic heterocycles. The van der Waals surface area contributed by atoms with Gasteiger partial charge in [0.1, 0.15) is 5.54 Å². The van der Waals surface area contributed by atoms with E-state index in [2.05, 4.69) is 37.9 Å². The van der Waals surface area contributed by atoms with Gasteiger partial charge < -0.3 is 9.64 Å². The molecule has 4 heteroatoms. The van der Waals surface area contributed by atoms with E-state index < -0.39 is 5.54 Å². The van der Waals surface area contributed by atoms with Crippen LogP contribution in [0, 0.1) is 11.8 Å². The van der Waals surface area contributed by atoms with Crippen molar-refractivity contribution in [3.8, 4) is 0 Å². The second kappa shape index (κ2) is 7.41. The second-order valence-electron chi connectivity index (χ2n) is 6.97. The van der Waals surface area contributed by atoms with Crippen LogP contribution in [0.1, 0.15) is 47.5 Å². The molecule has 1 saturated heterocycles. The normalized spacial score (nSPS) is 23.3. The molecule has 1 rings (SSSR count). The summed E-state index contributed by atoms with van der Waals surface area (Å²) in [4.78, 5) is 14.5. The molecule has 1 aliphatic rings. The van der Waals surface area contributed by atoms with Crippen molar-refractivity contribution in [3.63, 3.8) is 0 Å². The maximum atomic E-state index is 12.0. The highest BCUT2D eigenvalue weighted by atomic mass is 16.5. The number of likely N-dealkylation sites (tertiary alicyclic amines) is 1. The van der Waals surface area contributed by atoms with Crippen molar-refractivity contribution in [2.45, 2.75) is 59.0 Å². The summed E-state index contributed by atoms with van der Waals surface area (Å²) >= 11 is 0. The number of esters is 1. The molecule has 0 aromatic rings. The molecule has 0 spiro atoms. The Balaban J connectivity index is 2.53. The van der Waals surface area contributed by atoms with Crippen LogP contribution in [0.25, 0.3) is 0 Å². The van der Waals surface area contributed by atoms with Crippen molar-refractivity contribution in [3.05, 3.63) is 0 Å². The molecule has 0 saturated carbocycles. The zero-order valence-electron chi connectivity index (χ0n) is 14.0. The van der Waals surface area contributed by atoms with Gasteiger partial charge in [0.05, 0.1) is 7.11 Å². The molecule has 0 bridgehead atoms. The van der Waals surface area contributed by atoms with Crippen LogP contribution in [0.2, 0.25) is 0 Å². The van der Waals surface area contributed by atoms with E-state index in [1.807, 2.05) is 6.92 Å². The average molecular weight is 284 g/mol. The summed E-state index contributed by atoms with van der Waals surface area (Å²) in [6, 6.07) is 0.265. The van der Waals surface area contributed by atoms with Crippen LogP contribution in [-0.4, -0.2) is 49.2 Å². The summed E-state index contributed by atoms with van der Waals surface area (Å²) in [5.74, 6) is 1.39. The minimum atomic E-state index is -0.584. The summed E-state index contributed by atoms with van der Waals surface area (Å²) in [5, 5.41) is 3.36. The number of hydrogen-bond donors (Lipinski definition) is 1. The van der Waals surface area contributed by atoms with E-state index in [4.69, 9.17) is 4.74 Å². The smallest absolute Gasteiger partial charge is 0.325 e. The van der Waals surface area contributed by atoms with Gasteiger partial charge in [0, 0.05) is 19.1 Å². The number of ether oxygens (including phenoxy) is 1. The van der Waals surface area contributed by atoms with E-state index in [-0.39, 0.29) is 12.0 Å². The van der Waals surface area contributed by atoms with Crippen molar-refractivity contribution in [1.82, 2.24) is 10.2 Å². The van der Waals surface area contributed by atoms with Crippen molar-refractivity contribution >= 4 is 5.97 Å². The Morgan fingerprint density at radius 3 is 2.50 bits per heavy atom. The lowest BCUT2D eigenvalue weighted by molar-refractivity contribution is -0.148. The first kappa shape index (κ1) is 17.4. The predicted molar refractivity (Wildman–Crippen MR) is 82.7 cm³/mol. The second-order valence-corrected chi connectivity index (χ2v) is 6.97. The van der Waals surface area contributed by atoms with Crippen LogP contribution < -0.4 is 5.32 Å². The number of nitrogens with zero attached hydrogens (tertiary/aromatic N) is 1. The highest BCUT2D eigenvalue weighted by Gasteiger charge is 2.36. The SMILES string of the molecule is COC(=O)C(C)(CCN1CCC(C(C)C)C1)NC(C)C. The van der Waals surface area contributed by atoms with Gasteiger partial charge in [0.2, 0.25) is 0 Å². The lowest BCUT2D eigenvalue weighted by atomic mass is 9.95. The monoisotopic (exact) mass is 284 g/mol. The molecule has 0 aliphatic carbocycles. The zero-order chi connectivity index (χ0) is 15.3. The fourth-order valence-corrected chi connectivity index (χ4v) is 3.09. The third-order valence-corrected chi connectivity index (χ3v) is 4.42. The summed E-state index contributed by atoms with van der Waals surface area (Å²) in [7, 11) is 1.47. The van der Waals surface area contributed by atoms with Crippen molar-refractivity contribution in [1.29, 1.82) is 0 Å². The number of rotatable bonds is 7. The fraction of sp³-hybridized carbons (Fsp3) is 0.938. The first-order chi connectivity index (χ1) is 9.28. The van der Waals surface area contributed by atoms with Gasteiger partial charge in [0.15, 0.2) is 0 Å². The van der Waals surface area contributed by atoms with Gasteiger partial charge in [0.25, 0.3) is 0 Å². The zero-order valence-corrected chi connectivity index (χ0v) is 14.0. The highest BCUT2D eigenvalue weighted by molar-refractivity contribution is 5.80. The van der Waals surface area contributed by atoms with Gasteiger partial charge in [-0.25, -0.2) is 0 Å². The van der Waals surface area contributed by atoms with Crippen molar-refractivity contribution in [2.75, 3.05) is 26.7 Å². The maximum Gasteiger partial charge on any atom is 0.325 e. The Morgan fingerprint density at radius 1 is 1.40 bits per heavy atom. The van der Waals surface area contributed by atoms with E-state index in [9.17, 15) is 4.79 Å².